The number of para-hydroxylation sites is 1. The first-order valence-electron chi connectivity index (χ1n) is 23.4. The Morgan fingerprint density at radius 1 is 0.758 bits per heavy atom. The molecule has 1 saturated carbocycles. The second-order valence-corrected chi connectivity index (χ2v) is 17.5. The Hall–Kier alpha value is -6.30. The minimum Gasteiger partial charge on any atom is -0.370 e. The molecule has 2 aliphatic rings. The van der Waals surface area contributed by atoms with Crippen LogP contribution in [0.1, 0.15) is 95.1 Å². The van der Waals surface area contributed by atoms with Crippen LogP contribution in [-0.2, 0) is 46.4 Å². The summed E-state index contributed by atoms with van der Waals surface area (Å²) in [6.07, 6.45) is 11.1. The third kappa shape index (κ3) is 15.4. The number of benzene rings is 2. The fraction of sp³-hybridized carbons (Fsp3) is 0.542. The van der Waals surface area contributed by atoms with Gasteiger partial charge in [-0.05, 0) is 75.1 Å². The number of aldehydes is 1. The number of nitrogens with two attached hydrogens (primary N) is 2. The van der Waals surface area contributed by atoms with Crippen molar-refractivity contribution in [3.8, 4) is 0 Å². The van der Waals surface area contributed by atoms with Crippen LogP contribution < -0.4 is 43.4 Å². The van der Waals surface area contributed by atoms with Crippen LogP contribution in [0.15, 0.2) is 65.8 Å². The normalized spacial score (nSPS) is 17.4. The first-order chi connectivity index (χ1) is 31.9. The van der Waals surface area contributed by atoms with E-state index in [0.717, 1.165) is 54.0 Å². The van der Waals surface area contributed by atoms with Gasteiger partial charge in [-0.25, -0.2) is 0 Å². The van der Waals surface area contributed by atoms with Gasteiger partial charge in [0.25, 0.3) is 0 Å². The lowest BCUT2D eigenvalue weighted by Crippen LogP contribution is -2.57. The molecule has 0 radical (unpaired) electrons. The van der Waals surface area contributed by atoms with Crippen LogP contribution in [0.2, 0.25) is 0 Å². The molecule has 1 aliphatic carbocycles. The number of H-pyrrole nitrogens is 1. The van der Waals surface area contributed by atoms with Gasteiger partial charge in [0, 0.05) is 56.5 Å². The number of aromatic amines is 1. The third-order valence-electron chi connectivity index (χ3n) is 12.6. The summed E-state index contributed by atoms with van der Waals surface area (Å²) in [5.41, 5.74) is 13.6. The van der Waals surface area contributed by atoms with E-state index in [1.165, 1.54) is 18.2 Å². The molecular formula is C48H69N11O7. The van der Waals surface area contributed by atoms with Gasteiger partial charge in [0.2, 0.25) is 35.4 Å². The first kappa shape index (κ1) is 50.7. The highest BCUT2D eigenvalue weighted by molar-refractivity contribution is 5.95. The summed E-state index contributed by atoms with van der Waals surface area (Å²) in [6.45, 7) is 1.93. The molecule has 1 aliphatic heterocycles. The van der Waals surface area contributed by atoms with Crippen LogP contribution in [0.5, 0.6) is 0 Å². The summed E-state index contributed by atoms with van der Waals surface area (Å²) >= 11 is 0. The molecule has 0 spiro atoms. The van der Waals surface area contributed by atoms with Crippen LogP contribution in [0.4, 0.5) is 0 Å². The number of nitrogens with zero attached hydrogens (tertiary/aromatic N) is 2. The van der Waals surface area contributed by atoms with Gasteiger partial charge in [0.1, 0.15) is 30.5 Å². The fourth-order valence-corrected chi connectivity index (χ4v) is 9.04. The zero-order valence-electron chi connectivity index (χ0n) is 38.3. The lowest BCUT2D eigenvalue weighted by Gasteiger charge is -2.29. The molecule has 1 saturated heterocycles. The SMILES string of the molecule is CN[C@H](CC1CCCCC1)C(=O)NC(Cc1c[nH]c2ccccc12)C(=O)NC(CCCN=C(N)N)C(=O)NCCC[C@H](NC(=O)[C@H](Cc1ccccc1)NC(C)=O)C(=O)N1CCCC1C=O. The number of guanidine groups is 1. The molecule has 2 heterocycles. The van der Waals surface area contributed by atoms with Gasteiger partial charge >= 0.3 is 0 Å². The summed E-state index contributed by atoms with van der Waals surface area (Å²) in [5, 5.41) is 18.4. The molecule has 18 nitrogen and oxygen atoms in total. The maximum Gasteiger partial charge on any atom is 0.245 e. The minimum atomic E-state index is -1.06. The minimum absolute atomic E-state index is 0.0650. The molecule has 0 bridgehead atoms. The molecule has 1 aromatic heterocycles. The van der Waals surface area contributed by atoms with Gasteiger partial charge in [-0.1, -0.05) is 80.6 Å². The summed E-state index contributed by atoms with van der Waals surface area (Å²) in [6, 6.07) is 11.6. The van der Waals surface area contributed by atoms with E-state index in [1.54, 1.807) is 7.05 Å². The van der Waals surface area contributed by atoms with Gasteiger partial charge in [-0.15, -0.1) is 0 Å². The van der Waals surface area contributed by atoms with E-state index in [1.807, 2.05) is 60.8 Å². The van der Waals surface area contributed by atoms with Crippen molar-refractivity contribution in [3.05, 3.63) is 71.9 Å². The summed E-state index contributed by atoms with van der Waals surface area (Å²) in [7, 11) is 1.74. The number of nitrogens with one attached hydrogen (secondary N) is 7. The number of rotatable bonds is 25. The van der Waals surface area contributed by atoms with Crippen molar-refractivity contribution < 1.29 is 33.6 Å². The number of likely N-dealkylation sites (N-methyl/N-ethyl adjacent to an activating group) is 1. The molecule has 3 unspecified atom stereocenters. The summed E-state index contributed by atoms with van der Waals surface area (Å²) in [5.74, 6) is -2.47. The highest BCUT2D eigenvalue weighted by atomic mass is 16.2. The number of amides is 6. The Labute approximate surface area is 387 Å². The highest BCUT2D eigenvalue weighted by Gasteiger charge is 2.35. The van der Waals surface area contributed by atoms with E-state index in [2.05, 4.69) is 41.9 Å². The quantitative estimate of drug-likeness (QED) is 0.0257. The van der Waals surface area contributed by atoms with Gasteiger partial charge in [-0.2, -0.15) is 0 Å². The number of carbonyl (C=O) groups is 7. The van der Waals surface area contributed by atoms with Crippen LogP contribution >= 0.6 is 0 Å². The smallest absolute Gasteiger partial charge is 0.245 e. The molecule has 2 fully saturated rings. The lowest BCUT2D eigenvalue weighted by atomic mass is 9.84. The van der Waals surface area contributed by atoms with Crippen LogP contribution in [0.3, 0.4) is 0 Å². The molecule has 18 heteroatoms. The molecule has 3 aromatic rings. The lowest BCUT2D eigenvalue weighted by molar-refractivity contribution is -0.139. The molecule has 11 N–H and O–H groups in total. The Kier molecular flexibility index (Phi) is 20.0. The molecular weight excluding hydrogens is 843 g/mol. The Morgan fingerprint density at radius 3 is 2.11 bits per heavy atom. The Morgan fingerprint density at radius 2 is 1.41 bits per heavy atom. The van der Waals surface area contributed by atoms with Crippen LogP contribution in [0, 0.1) is 5.92 Å². The van der Waals surface area contributed by atoms with E-state index in [-0.39, 0.29) is 57.1 Å². The first-order valence-corrected chi connectivity index (χ1v) is 23.4. The van der Waals surface area contributed by atoms with E-state index >= 15 is 0 Å². The number of carbonyl (C=O) groups excluding carboxylic acids is 7. The molecule has 5 rings (SSSR count). The van der Waals surface area contributed by atoms with Crippen LogP contribution in [0.25, 0.3) is 10.9 Å². The predicted octanol–water partition coefficient (Wildman–Crippen LogP) is 1.61. The standard InChI is InChI=1S/C48H69N11O7/c1-31(61)55-41(27-33-16-7-4-8-17-33)45(64)57-39(47(66)59-25-13-18-35(59)30-60)22-12-23-52-43(62)38(21-11-24-53-48(49)50)56-46(65)42(28-34-29-54-37-20-10-9-19-36(34)37)58-44(63)40(51-2)26-32-14-5-3-6-15-32/h4,7-10,16-17,19-20,29-30,32,35,38-42,51,54H,3,5-6,11-15,18,21-28H2,1-2H3,(H,52,62)(H,55,61)(H,56,65)(H,57,64)(H,58,63)(H4,49,50,53)/t35?,38?,39-,40+,41-,42?/m0/s1. The number of likely N-dealkylation sites (tertiary alicyclic amines) is 1. The van der Waals surface area contributed by atoms with Crippen molar-refractivity contribution in [1.29, 1.82) is 0 Å². The Bertz CT molecular complexity index is 2120. The van der Waals surface area contributed by atoms with Gasteiger partial charge in [0.05, 0.1) is 12.1 Å². The maximum atomic E-state index is 14.4. The average Bonchev–Trinajstić information content (AvgIpc) is 3.97. The van der Waals surface area contributed by atoms with E-state index in [9.17, 15) is 33.6 Å². The van der Waals surface area contributed by atoms with Gasteiger partial charge < -0.3 is 58.0 Å². The molecule has 6 amide bonds. The van der Waals surface area contributed by atoms with Crippen LogP contribution in [-0.4, -0.2) is 121 Å². The van der Waals surface area contributed by atoms with Crippen molar-refractivity contribution in [1.82, 2.24) is 41.8 Å². The average molecular weight is 912 g/mol. The highest BCUT2D eigenvalue weighted by Crippen LogP contribution is 2.28. The number of aliphatic imine (C=N–C) groups is 1. The van der Waals surface area contributed by atoms with E-state index < -0.39 is 65.8 Å². The summed E-state index contributed by atoms with van der Waals surface area (Å²) < 4.78 is 0. The number of fused-ring (bicyclic) bond motifs is 1. The maximum absolute atomic E-state index is 14.4. The van der Waals surface area contributed by atoms with E-state index in [4.69, 9.17) is 11.5 Å². The molecule has 66 heavy (non-hydrogen) atoms. The topological polar surface area (TPSA) is 275 Å². The monoisotopic (exact) mass is 912 g/mol. The second kappa shape index (κ2) is 26.0. The van der Waals surface area contributed by atoms with Crippen molar-refractivity contribution in [2.24, 2.45) is 22.4 Å². The number of hydrogen-bond donors (Lipinski definition) is 9. The zero-order valence-corrected chi connectivity index (χ0v) is 38.3. The largest absolute Gasteiger partial charge is 0.370 e. The fourth-order valence-electron chi connectivity index (χ4n) is 9.04. The van der Waals surface area contributed by atoms with Crippen molar-refractivity contribution in [3.63, 3.8) is 0 Å². The second-order valence-electron chi connectivity index (χ2n) is 17.5. The van der Waals surface area contributed by atoms with Gasteiger partial charge in [0.15, 0.2) is 5.96 Å². The van der Waals surface area contributed by atoms with Crippen molar-refractivity contribution in [2.75, 3.05) is 26.7 Å². The summed E-state index contributed by atoms with van der Waals surface area (Å²) in [4.78, 5) is 103. The number of aromatic nitrogens is 1. The zero-order chi connectivity index (χ0) is 47.4. The Balaban J connectivity index is 1.29. The van der Waals surface area contributed by atoms with E-state index in [0.29, 0.717) is 38.1 Å². The predicted molar refractivity (Wildman–Crippen MR) is 253 cm³/mol. The van der Waals surface area contributed by atoms with Crippen molar-refractivity contribution >= 4 is 58.6 Å². The molecule has 2 aromatic carbocycles. The number of hydrogen-bond acceptors (Lipinski definition) is 9. The molecule has 358 valence electrons. The molecule has 6 atom stereocenters. The third-order valence-corrected chi connectivity index (χ3v) is 12.6. The van der Waals surface area contributed by atoms with Crippen molar-refractivity contribution in [2.45, 2.75) is 133 Å². The van der Waals surface area contributed by atoms with Gasteiger partial charge in [-0.3, -0.25) is 33.8 Å².